The molecule has 1 heterocycles. The molecule has 0 aliphatic carbocycles. The highest BCUT2D eigenvalue weighted by molar-refractivity contribution is 5.75. The van der Waals surface area contributed by atoms with E-state index in [4.69, 9.17) is 5.73 Å². The highest BCUT2D eigenvalue weighted by Gasteiger charge is 2.08. The summed E-state index contributed by atoms with van der Waals surface area (Å²) in [6.07, 6.45) is 7.79. The van der Waals surface area contributed by atoms with Crippen LogP contribution >= 0.6 is 0 Å². The molecule has 5 nitrogen and oxygen atoms in total. The van der Waals surface area contributed by atoms with Gasteiger partial charge in [-0.05, 0) is 44.0 Å². The van der Waals surface area contributed by atoms with Gasteiger partial charge in [0.2, 0.25) is 5.91 Å². The van der Waals surface area contributed by atoms with Gasteiger partial charge in [0.15, 0.2) is 0 Å². The van der Waals surface area contributed by atoms with E-state index in [9.17, 15) is 9.18 Å². The first-order chi connectivity index (χ1) is 11.6. The van der Waals surface area contributed by atoms with Crippen molar-refractivity contribution < 1.29 is 9.18 Å². The Balaban J connectivity index is 1.82. The number of carbonyl (C=O) groups excluding carboxylic acids is 1. The molecule has 2 aromatic rings. The fourth-order valence-electron chi connectivity index (χ4n) is 2.56. The molecule has 24 heavy (non-hydrogen) atoms. The number of imidazole rings is 1. The lowest BCUT2D eigenvalue weighted by molar-refractivity contribution is -0.121. The molecular formula is C18H25FN4O. The number of carbonyl (C=O) groups is 1. The first-order valence-corrected chi connectivity index (χ1v) is 8.37. The van der Waals surface area contributed by atoms with E-state index in [0.29, 0.717) is 25.2 Å². The molecule has 0 spiro atoms. The van der Waals surface area contributed by atoms with E-state index < -0.39 is 0 Å². The van der Waals surface area contributed by atoms with Crippen LogP contribution in [-0.2, 0) is 11.3 Å². The van der Waals surface area contributed by atoms with Gasteiger partial charge in [0.05, 0.1) is 5.69 Å². The topological polar surface area (TPSA) is 72.9 Å². The van der Waals surface area contributed by atoms with Crippen LogP contribution in [0.3, 0.4) is 0 Å². The van der Waals surface area contributed by atoms with Crippen molar-refractivity contribution in [2.45, 2.75) is 45.6 Å². The van der Waals surface area contributed by atoms with E-state index in [1.54, 1.807) is 23.0 Å². The van der Waals surface area contributed by atoms with E-state index in [-0.39, 0.29) is 11.7 Å². The van der Waals surface area contributed by atoms with E-state index >= 15 is 0 Å². The molecular weight excluding hydrogens is 307 g/mol. The maximum Gasteiger partial charge on any atom is 0.220 e. The standard InChI is InChI=1S/C18H25FN4O/c1-14-21-10-11-23(14)17-8-7-15(12-16(17)19)13-22-18(24)6-4-2-3-5-9-20/h7-8,10-12H,2-6,9,13,20H2,1H3,(H,22,24). The van der Waals surface area contributed by atoms with E-state index in [2.05, 4.69) is 10.3 Å². The van der Waals surface area contributed by atoms with Gasteiger partial charge >= 0.3 is 0 Å². The Morgan fingerprint density at radius 1 is 1.29 bits per heavy atom. The van der Waals surface area contributed by atoms with Crippen LogP contribution in [0.1, 0.15) is 43.5 Å². The Labute approximate surface area is 142 Å². The summed E-state index contributed by atoms with van der Waals surface area (Å²) in [5.41, 5.74) is 6.63. The number of nitrogens with two attached hydrogens (primary N) is 1. The number of halogens is 1. The zero-order valence-electron chi connectivity index (χ0n) is 14.1. The second-order valence-electron chi connectivity index (χ2n) is 5.86. The van der Waals surface area contributed by atoms with Gasteiger partial charge in [0.25, 0.3) is 0 Å². The highest BCUT2D eigenvalue weighted by atomic mass is 19.1. The van der Waals surface area contributed by atoms with Crippen molar-refractivity contribution in [1.29, 1.82) is 0 Å². The molecule has 130 valence electrons. The number of aryl methyl sites for hydroxylation is 1. The number of aromatic nitrogens is 2. The van der Waals surface area contributed by atoms with Crippen LogP contribution in [-0.4, -0.2) is 22.0 Å². The first kappa shape index (κ1) is 18.1. The summed E-state index contributed by atoms with van der Waals surface area (Å²) in [5, 5.41) is 2.83. The lowest BCUT2D eigenvalue weighted by Gasteiger charge is -2.09. The van der Waals surface area contributed by atoms with Crippen LogP contribution in [0.2, 0.25) is 0 Å². The van der Waals surface area contributed by atoms with Crippen LogP contribution in [0.4, 0.5) is 4.39 Å². The Bertz CT molecular complexity index is 669. The summed E-state index contributed by atoms with van der Waals surface area (Å²) in [7, 11) is 0. The predicted molar refractivity (Wildman–Crippen MR) is 92.2 cm³/mol. The van der Waals surface area contributed by atoms with Gasteiger partial charge in [-0.2, -0.15) is 0 Å². The Morgan fingerprint density at radius 3 is 2.75 bits per heavy atom. The molecule has 0 saturated carbocycles. The summed E-state index contributed by atoms with van der Waals surface area (Å²) in [4.78, 5) is 15.9. The Hall–Kier alpha value is -2.21. The summed E-state index contributed by atoms with van der Waals surface area (Å²) in [6.45, 7) is 2.86. The molecule has 0 aliphatic rings. The number of unbranched alkanes of at least 4 members (excludes halogenated alkanes) is 3. The molecule has 1 amide bonds. The lowest BCUT2D eigenvalue weighted by atomic mass is 10.1. The summed E-state index contributed by atoms with van der Waals surface area (Å²) >= 11 is 0. The maximum absolute atomic E-state index is 14.3. The van der Waals surface area contributed by atoms with E-state index in [1.165, 1.54) is 6.07 Å². The third-order valence-electron chi connectivity index (χ3n) is 3.95. The molecule has 1 aromatic carbocycles. The molecule has 0 saturated heterocycles. The fraction of sp³-hybridized carbons (Fsp3) is 0.444. The smallest absolute Gasteiger partial charge is 0.220 e. The average molecular weight is 332 g/mol. The monoisotopic (exact) mass is 332 g/mol. The van der Waals surface area contributed by atoms with Crippen LogP contribution in [0, 0.1) is 12.7 Å². The summed E-state index contributed by atoms with van der Waals surface area (Å²) in [5.74, 6) is 0.395. The van der Waals surface area contributed by atoms with Crippen molar-refractivity contribution in [3.05, 3.63) is 47.8 Å². The number of rotatable bonds is 9. The Morgan fingerprint density at radius 2 is 2.08 bits per heavy atom. The normalized spacial score (nSPS) is 10.8. The molecule has 3 N–H and O–H groups in total. The molecule has 0 bridgehead atoms. The van der Waals surface area contributed by atoms with Crippen molar-refractivity contribution in [2.75, 3.05) is 6.54 Å². The van der Waals surface area contributed by atoms with Gasteiger partial charge < -0.3 is 15.6 Å². The molecule has 1 aromatic heterocycles. The quantitative estimate of drug-likeness (QED) is 0.694. The molecule has 0 fully saturated rings. The van der Waals surface area contributed by atoms with Crippen molar-refractivity contribution in [1.82, 2.24) is 14.9 Å². The second kappa shape index (κ2) is 9.17. The van der Waals surface area contributed by atoms with Crippen LogP contribution < -0.4 is 11.1 Å². The number of nitrogens with zero attached hydrogens (tertiary/aromatic N) is 2. The number of benzene rings is 1. The van der Waals surface area contributed by atoms with Gasteiger partial charge in [0, 0.05) is 25.4 Å². The third-order valence-corrected chi connectivity index (χ3v) is 3.95. The zero-order chi connectivity index (χ0) is 17.4. The predicted octanol–water partition coefficient (Wildman–Crippen LogP) is 2.85. The molecule has 0 atom stereocenters. The summed E-state index contributed by atoms with van der Waals surface area (Å²) in [6, 6.07) is 4.98. The molecule has 0 aliphatic heterocycles. The molecule has 2 rings (SSSR count). The average Bonchev–Trinajstić information content (AvgIpc) is 2.99. The summed E-state index contributed by atoms with van der Waals surface area (Å²) < 4.78 is 16.0. The number of amides is 1. The first-order valence-electron chi connectivity index (χ1n) is 8.37. The minimum Gasteiger partial charge on any atom is -0.352 e. The van der Waals surface area contributed by atoms with E-state index in [0.717, 1.165) is 37.1 Å². The van der Waals surface area contributed by atoms with Gasteiger partial charge in [0.1, 0.15) is 11.6 Å². The molecule has 0 radical (unpaired) electrons. The van der Waals surface area contributed by atoms with Crippen molar-refractivity contribution in [3.63, 3.8) is 0 Å². The van der Waals surface area contributed by atoms with Gasteiger partial charge in [-0.3, -0.25) is 4.79 Å². The highest BCUT2D eigenvalue weighted by Crippen LogP contribution is 2.16. The van der Waals surface area contributed by atoms with Crippen molar-refractivity contribution in [3.8, 4) is 5.69 Å². The van der Waals surface area contributed by atoms with Gasteiger partial charge in [-0.25, -0.2) is 9.37 Å². The van der Waals surface area contributed by atoms with Crippen molar-refractivity contribution >= 4 is 5.91 Å². The molecule has 0 unspecified atom stereocenters. The van der Waals surface area contributed by atoms with Gasteiger partial charge in [-0.15, -0.1) is 0 Å². The van der Waals surface area contributed by atoms with Crippen LogP contribution in [0.15, 0.2) is 30.6 Å². The molecule has 6 heteroatoms. The fourth-order valence-corrected chi connectivity index (χ4v) is 2.56. The van der Waals surface area contributed by atoms with E-state index in [1.807, 2.05) is 13.0 Å². The second-order valence-corrected chi connectivity index (χ2v) is 5.86. The number of hydrogen-bond acceptors (Lipinski definition) is 3. The largest absolute Gasteiger partial charge is 0.352 e. The maximum atomic E-state index is 14.3. The van der Waals surface area contributed by atoms with Gasteiger partial charge in [-0.1, -0.05) is 18.9 Å². The number of nitrogens with one attached hydrogen (secondary N) is 1. The van der Waals surface area contributed by atoms with Crippen molar-refractivity contribution in [2.24, 2.45) is 5.73 Å². The minimum atomic E-state index is -0.329. The van der Waals surface area contributed by atoms with Crippen LogP contribution in [0.5, 0.6) is 0 Å². The third kappa shape index (κ3) is 5.16. The Kier molecular flexibility index (Phi) is 6.93. The number of hydrogen-bond donors (Lipinski definition) is 2. The SMILES string of the molecule is Cc1nccn1-c1ccc(CNC(=O)CCCCCCN)cc1F. The lowest BCUT2D eigenvalue weighted by Crippen LogP contribution is -2.22. The zero-order valence-corrected chi connectivity index (χ0v) is 14.1. The van der Waals surface area contributed by atoms with Crippen LogP contribution in [0.25, 0.3) is 5.69 Å². The minimum absolute atomic E-state index is 0.00214.